The number of aromatic nitrogens is 1. The number of hydrogen-bond acceptors (Lipinski definition) is 10. The molecule has 5 aromatic rings. The van der Waals surface area contributed by atoms with E-state index < -0.39 is 16.9 Å². The van der Waals surface area contributed by atoms with Crippen LogP contribution in [0.25, 0.3) is 27.1 Å². The zero-order valence-electron chi connectivity index (χ0n) is 32.5. The molecule has 0 amide bonds. The number of nitro groups is 1. The molecule has 1 atom stereocenters. The minimum absolute atomic E-state index is 0.0644. The molecule has 1 aromatic heterocycles. The molecule has 0 aliphatic carbocycles. The van der Waals surface area contributed by atoms with E-state index in [0.717, 1.165) is 63.8 Å². The molecule has 0 unspecified atom stereocenters. The number of hydrogen-bond donors (Lipinski definition) is 2. The Kier molecular flexibility index (Phi) is 16.5. The van der Waals surface area contributed by atoms with E-state index >= 15 is 0 Å². The highest BCUT2D eigenvalue weighted by atomic mass is 35.5. The summed E-state index contributed by atoms with van der Waals surface area (Å²) in [4.78, 5) is 46.5. The molecule has 300 valence electrons. The molecule has 0 saturated carbocycles. The SMILES string of the molecule is O=C=O.[C-]#[N+]c1cncc(COc2cc(OCc3cccc(-c4cccc(-c5ccc(OCCN[C@@H](C)C(=O)O)c([N+](=O)[O-])c5)c4C)c3C)c(Cl)cc2CCCC)c1. The second-order valence-electron chi connectivity index (χ2n) is 13.2. The summed E-state index contributed by atoms with van der Waals surface area (Å²) in [6, 6.07) is 21.5. The van der Waals surface area contributed by atoms with Crippen molar-refractivity contribution in [3.8, 4) is 39.5 Å². The van der Waals surface area contributed by atoms with Crippen molar-refractivity contribution >= 4 is 35.1 Å². The number of aliphatic carboxylic acids is 1. The number of nitrogens with one attached hydrogen (secondary N) is 1. The first-order valence-corrected chi connectivity index (χ1v) is 18.7. The van der Waals surface area contributed by atoms with Gasteiger partial charge in [0.1, 0.15) is 37.4 Å². The van der Waals surface area contributed by atoms with Crippen LogP contribution >= 0.6 is 11.6 Å². The summed E-state index contributed by atoms with van der Waals surface area (Å²) in [5.74, 6) is 0.274. The second kappa shape index (κ2) is 21.6. The van der Waals surface area contributed by atoms with Gasteiger partial charge in [0.2, 0.25) is 5.69 Å². The Morgan fingerprint density at radius 2 is 1.62 bits per heavy atom. The highest BCUT2D eigenvalue weighted by Crippen LogP contribution is 2.39. The first kappa shape index (κ1) is 44.1. The van der Waals surface area contributed by atoms with Gasteiger partial charge in [0.25, 0.3) is 0 Å². The van der Waals surface area contributed by atoms with Crippen molar-refractivity contribution in [2.45, 2.75) is 66.2 Å². The van der Waals surface area contributed by atoms with Crippen LogP contribution in [0.4, 0.5) is 11.4 Å². The zero-order chi connectivity index (χ0) is 42.2. The maximum absolute atomic E-state index is 12.1. The van der Waals surface area contributed by atoms with Gasteiger partial charge in [-0.15, -0.1) is 0 Å². The number of carboxylic acids is 1. The van der Waals surface area contributed by atoms with Gasteiger partial charge in [0.15, 0.2) is 5.75 Å². The number of benzene rings is 4. The fraction of sp³-hybridized carbons (Fsp3) is 0.273. The molecular weight excluding hydrogens is 764 g/mol. The summed E-state index contributed by atoms with van der Waals surface area (Å²) in [6.07, 6.45) is 6.24. The molecule has 5 rings (SSSR count). The van der Waals surface area contributed by atoms with Crippen LogP contribution in [0.3, 0.4) is 0 Å². The molecule has 0 fully saturated rings. The van der Waals surface area contributed by atoms with E-state index in [1.807, 2.05) is 62.4 Å². The van der Waals surface area contributed by atoms with E-state index in [9.17, 15) is 14.9 Å². The molecule has 0 bridgehead atoms. The number of carbonyl (C=O) groups excluding carboxylic acids is 2. The van der Waals surface area contributed by atoms with Gasteiger partial charge in [-0.3, -0.25) is 19.9 Å². The van der Waals surface area contributed by atoms with Crippen LogP contribution in [0.1, 0.15) is 54.5 Å². The van der Waals surface area contributed by atoms with Gasteiger partial charge >= 0.3 is 17.8 Å². The molecule has 0 aliphatic heterocycles. The fourth-order valence-corrected chi connectivity index (χ4v) is 6.40. The van der Waals surface area contributed by atoms with Crippen LogP contribution in [0.15, 0.2) is 85.2 Å². The van der Waals surface area contributed by atoms with Crippen LogP contribution in [-0.2, 0) is 34.0 Å². The number of carbonyl (C=O) groups is 1. The quantitative estimate of drug-likeness (QED) is 0.0374. The summed E-state index contributed by atoms with van der Waals surface area (Å²) in [5, 5.41) is 24.4. The molecule has 2 N–H and O–H groups in total. The number of carboxylic acid groups (broad SMARTS) is 1. The number of unbranched alkanes of at least 4 members (excludes halogenated alkanes) is 1. The van der Waals surface area contributed by atoms with Crippen LogP contribution in [0.2, 0.25) is 5.02 Å². The van der Waals surface area contributed by atoms with Gasteiger partial charge in [0, 0.05) is 31.1 Å². The number of pyridine rings is 1. The first-order chi connectivity index (χ1) is 27.9. The normalized spacial score (nSPS) is 11.0. The Hall–Kier alpha value is -6.58. The molecule has 0 radical (unpaired) electrons. The predicted octanol–water partition coefficient (Wildman–Crippen LogP) is 9.50. The highest BCUT2D eigenvalue weighted by Gasteiger charge is 2.20. The third kappa shape index (κ3) is 11.7. The summed E-state index contributed by atoms with van der Waals surface area (Å²) in [5.41, 5.74) is 8.44. The first-order valence-electron chi connectivity index (χ1n) is 18.4. The van der Waals surface area contributed by atoms with E-state index in [-0.39, 0.29) is 44.0 Å². The summed E-state index contributed by atoms with van der Waals surface area (Å²) in [7, 11) is 0. The molecule has 0 spiro atoms. The number of rotatable bonds is 18. The largest absolute Gasteiger partial charge is 0.488 e. The third-order valence-electron chi connectivity index (χ3n) is 9.32. The van der Waals surface area contributed by atoms with Crippen molar-refractivity contribution in [1.82, 2.24) is 10.3 Å². The Labute approximate surface area is 341 Å². The minimum Gasteiger partial charge on any atom is -0.488 e. The Morgan fingerprint density at radius 3 is 2.31 bits per heavy atom. The summed E-state index contributed by atoms with van der Waals surface area (Å²) >= 11 is 6.76. The number of ether oxygens (including phenoxy) is 3. The van der Waals surface area contributed by atoms with Crippen LogP contribution < -0.4 is 19.5 Å². The average molecular weight is 807 g/mol. The van der Waals surface area contributed by atoms with Gasteiger partial charge in [-0.2, -0.15) is 9.59 Å². The van der Waals surface area contributed by atoms with Crippen molar-refractivity contribution in [3.05, 3.63) is 140 Å². The van der Waals surface area contributed by atoms with Crippen molar-refractivity contribution < 1.29 is 38.6 Å². The van der Waals surface area contributed by atoms with Crippen molar-refractivity contribution in [1.29, 1.82) is 0 Å². The number of nitro benzene ring substituents is 1. The van der Waals surface area contributed by atoms with Gasteiger partial charge in [-0.1, -0.05) is 67.4 Å². The molecule has 1 heterocycles. The van der Waals surface area contributed by atoms with Crippen LogP contribution in [0, 0.1) is 30.5 Å². The topological polar surface area (TPSA) is 172 Å². The number of halogens is 1. The lowest BCUT2D eigenvalue weighted by Crippen LogP contribution is -2.36. The van der Waals surface area contributed by atoms with E-state index in [0.29, 0.717) is 27.8 Å². The summed E-state index contributed by atoms with van der Waals surface area (Å²) < 4.78 is 18.3. The third-order valence-corrected chi connectivity index (χ3v) is 9.61. The molecule has 0 saturated heterocycles. The smallest absolute Gasteiger partial charge is 0.373 e. The minimum atomic E-state index is -0.992. The predicted molar refractivity (Wildman–Crippen MR) is 218 cm³/mol. The fourth-order valence-electron chi connectivity index (χ4n) is 6.16. The molecule has 4 aromatic carbocycles. The number of nitrogens with zero attached hydrogens (tertiary/aromatic N) is 3. The molecule has 58 heavy (non-hydrogen) atoms. The monoisotopic (exact) mass is 806 g/mol. The molecule has 13 nitrogen and oxygen atoms in total. The number of aryl methyl sites for hydroxylation is 1. The molecular formula is C44H43ClN4O9. The second-order valence-corrected chi connectivity index (χ2v) is 13.6. The lowest BCUT2D eigenvalue weighted by molar-refractivity contribution is -0.385. The van der Waals surface area contributed by atoms with Crippen molar-refractivity contribution in [2.75, 3.05) is 13.2 Å². The molecule has 14 heteroatoms. The molecule has 0 aliphatic rings. The van der Waals surface area contributed by atoms with Crippen molar-refractivity contribution in [3.63, 3.8) is 0 Å². The van der Waals surface area contributed by atoms with E-state index in [4.69, 9.17) is 47.1 Å². The lowest BCUT2D eigenvalue weighted by atomic mass is 9.89. The Morgan fingerprint density at radius 1 is 0.931 bits per heavy atom. The maximum atomic E-state index is 12.1. The van der Waals surface area contributed by atoms with Gasteiger partial charge in [-0.25, -0.2) is 4.85 Å². The van der Waals surface area contributed by atoms with E-state index in [1.165, 1.54) is 19.2 Å². The van der Waals surface area contributed by atoms with Gasteiger partial charge in [0.05, 0.1) is 16.5 Å². The lowest BCUT2D eigenvalue weighted by Gasteiger charge is -2.18. The average Bonchev–Trinajstić information content (AvgIpc) is 3.21. The van der Waals surface area contributed by atoms with E-state index in [2.05, 4.69) is 22.1 Å². The van der Waals surface area contributed by atoms with Crippen LogP contribution in [0.5, 0.6) is 17.2 Å². The standard InChI is InChI=1S/C43H43ClN4O7.CO2/c1-6-7-10-32-20-38(44)42(22-41(32)54-25-30-19-34(45-5)24-46-23-30)55-26-33-11-8-13-36(27(33)2)37-14-9-12-35(28(37)3)31-15-16-40(39(21-31)48(51)52)53-18-17-47-29(4)43(49)50;2-1-3/h8-9,11-16,19-24,29,47H,6-7,10,17-18,25-26H2,1-4H3,(H,49,50);/t29-;/m0./s1. The van der Waals surface area contributed by atoms with Gasteiger partial charge < -0.3 is 24.6 Å². The van der Waals surface area contributed by atoms with E-state index in [1.54, 1.807) is 24.4 Å². The maximum Gasteiger partial charge on any atom is 0.373 e. The zero-order valence-corrected chi connectivity index (χ0v) is 33.3. The Balaban J connectivity index is 0.00000240. The van der Waals surface area contributed by atoms with Crippen LogP contribution in [-0.4, -0.2) is 46.3 Å². The highest BCUT2D eigenvalue weighted by molar-refractivity contribution is 6.32. The van der Waals surface area contributed by atoms with Gasteiger partial charge in [-0.05, 0) is 102 Å². The van der Waals surface area contributed by atoms with Crippen molar-refractivity contribution in [2.24, 2.45) is 0 Å². The summed E-state index contributed by atoms with van der Waals surface area (Å²) in [6.45, 7) is 15.7. The Bertz CT molecular complexity index is 2320.